The summed E-state index contributed by atoms with van der Waals surface area (Å²) in [7, 11) is 3.78. The molecule has 1 aromatic rings. The van der Waals surface area contributed by atoms with Gasteiger partial charge in [-0.25, -0.2) is 9.97 Å². The molecule has 0 radical (unpaired) electrons. The molecule has 0 amide bonds. The molecule has 90 valence electrons. The summed E-state index contributed by atoms with van der Waals surface area (Å²) in [5.41, 5.74) is 0.977. The van der Waals surface area contributed by atoms with E-state index in [1.165, 1.54) is 0 Å². The predicted molar refractivity (Wildman–Crippen MR) is 64.6 cm³/mol. The first-order valence-corrected chi connectivity index (χ1v) is 5.43. The van der Waals surface area contributed by atoms with E-state index >= 15 is 0 Å². The Bertz CT molecular complexity index is 306. The molecule has 0 fully saturated rings. The van der Waals surface area contributed by atoms with E-state index in [2.05, 4.69) is 27.2 Å². The molecule has 16 heavy (non-hydrogen) atoms. The Kier molecular flexibility index (Phi) is 5.74. The van der Waals surface area contributed by atoms with E-state index in [4.69, 9.17) is 4.74 Å². The number of methoxy groups -OCH3 is 1. The van der Waals surface area contributed by atoms with Crippen LogP contribution in [-0.4, -0.2) is 55.3 Å². The van der Waals surface area contributed by atoms with Gasteiger partial charge in [0.1, 0.15) is 0 Å². The monoisotopic (exact) mass is 224 g/mol. The maximum atomic E-state index is 5.01. The fraction of sp³-hybridized carbons (Fsp3) is 0.636. The molecule has 0 unspecified atom stereocenters. The summed E-state index contributed by atoms with van der Waals surface area (Å²) in [4.78, 5) is 10.6. The highest BCUT2D eigenvalue weighted by Gasteiger charge is 1.98. The molecule has 0 saturated heterocycles. The van der Waals surface area contributed by atoms with Gasteiger partial charge < -0.3 is 15.0 Å². The molecular weight excluding hydrogens is 204 g/mol. The van der Waals surface area contributed by atoms with E-state index in [1.807, 2.05) is 13.0 Å². The van der Waals surface area contributed by atoms with Gasteiger partial charge in [-0.15, -0.1) is 0 Å². The summed E-state index contributed by atoms with van der Waals surface area (Å²) >= 11 is 0. The minimum absolute atomic E-state index is 0.695. The molecule has 5 nitrogen and oxygen atoms in total. The van der Waals surface area contributed by atoms with Gasteiger partial charge in [0, 0.05) is 38.6 Å². The highest BCUT2D eigenvalue weighted by molar-refractivity contribution is 5.24. The number of likely N-dealkylation sites (N-methyl/N-ethyl adjacent to an activating group) is 1. The number of hydrogen-bond donors (Lipinski definition) is 1. The number of aromatic nitrogens is 2. The quantitative estimate of drug-likeness (QED) is 0.741. The van der Waals surface area contributed by atoms with Crippen LogP contribution in [0.25, 0.3) is 0 Å². The largest absolute Gasteiger partial charge is 0.383 e. The standard InChI is InChI=1S/C11H20N4O/c1-10-4-5-12-11(14-10)13-6-7-15(2)8-9-16-3/h4-5H,6-9H2,1-3H3,(H,12,13,14). The average molecular weight is 224 g/mol. The second-order valence-corrected chi connectivity index (χ2v) is 3.74. The second-order valence-electron chi connectivity index (χ2n) is 3.74. The van der Waals surface area contributed by atoms with Gasteiger partial charge in [-0.1, -0.05) is 0 Å². The topological polar surface area (TPSA) is 50.3 Å². The molecular formula is C11H20N4O. The van der Waals surface area contributed by atoms with Crippen molar-refractivity contribution >= 4 is 5.95 Å². The van der Waals surface area contributed by atoms with E-state index in [9.17, 15) is 0 Å². The molecule has 1 N–H and O–H groups in total. The first kappa shape index (κ1) is 12.9. The molecule has 5 heteroatoms. The third-order valence-electron chi connectivity index (χ3n) is 2.25. The Morgan fingerprint density at radius 2 is 2.25 bits per heavy atom. The molecule has 0 atom stereocenters. The van der Waals surface area contributed by atoms with Crippen LogP contribution in [0.1, 0.15) is 5.69 Å². The van der Waals surface area contributed by atoms with Crippen molar-refractivity contribution in [1.29, 1.82) is 0 Å². The van der Waals surface area contributed by atoms with Crippen LogP contribution in [0.4, 0.5) is 5.95 Å². The van der Waals surface area contributed by atoms with Crippen LogP contribution in [0, 0.1) is 6.92 Å². The minimum atomic E-state index is 0.695. The first-order valence-electron chi connectivity index (χ1n) is 5.43. The lowest BCUT2D eigenvalue weighted by molar-refractivity contribution is 0.163. The number of anilines is 1. The minimum Gasteiger partial charge on any atom is -0.383 e. The maximum absolute atomic E-state index is 5.01. The van der Waals surface area contributed by atoms with Crippen molar-refractivity contribution in [3.8, 4) is 0 Å². The van der Waals surface area contributed by atoms with E-state index < -0.39 is 0 Å². The summed E-state index contributed by atoms with van der Waals surface area (Å²) in [5, 5.41) is 3.19. The summed E-state index contributed by atoms with van der Waals surface area (Å²) in [6.07, 6.45) is 1.76. The van der Waals surface area contributed by atoms with Crippen LogP contribution < -0.4 is 5.32 Å². The van der Waals surface area contributed by atoms with Gasteiger partial charge in [0.25, 0.3) is 0 Å². The number of hydrogen-bond acceptors (Lipinski definition) is 5. The maximum Gasteiger partial charge on any atom is 0.222 e. The van der Waals surface area contributed by atoms with Gasteiger partial charge >= 0.3 is 0 Å². The van der Waals surface area contributed by atoms with Crippen LogP contribution in [0.5, 0.6) is 0 Å². The fourth-order valence-corrected chi connectivity index (χ4v) is 1.25. The van der Waals surface area contributed by atoms with Crippen molar-refractivity contribution in [2.75, 3.05) is 45.7 Å². The summed E-state index contributed by atoms with van der Waals surface area (Å²) < 4.78 is 5.01. The molecule has 0 saturated carbocycles. The van der Waals surface area contributed by atoms with E-state index in [0.717, 1.165) is 31.9 Å². The van der Waals surface area contributed by atoms with E-state index in [0.29, 0.717) is 5.95 Å². The Hall–Kier alpha value is -1.20. The predicted octanol–water partition coefficient (Wildman–Crippen LogP) is 0.775. The Balaban J connectivity index is 2.20. The van der Waals surface area contributed by atoms with Gasteiger partial charge in [0.2, 0.25) is 5.95 Å². The van der Waals surface area contributed by atoms with E-state index in [-0.39, 0.29) is 0 Å². The van der Waals surface area contributed by atoms with Crippen LogP contribution in [0.2, 0.25) is 0 Å². The van der Waals surface area contributed by atoms with Crippen molar-refractivity contribution in [1.82, 2.24) is 14.9 Å². The third-order valence-corrected chi connectivity index (χ3v) is 2.25. The Morgan fingerprint density at radius 1 is 1.44 bits per heavy atom. The zero-order valence-corrected chi connectivity index (χ0v) is 10.2. The highest BCUT2D eigenvalue weighted by atomic mass is 16.5. The molecule has 1 rings (SSSR count). The molecule has 0 aliphatic carbocycles. The van der Waals surface area contributed by atoms with Gasteiger partial charge in [-0.2, -0.15) is 0 Å². The zero-order chi connectivity index (χ0) is 11.8. The van der Waals surface area contributed by atoms with Gasteiger partial charge in [-0.3, -0.25) is 0 Å². The van der Waals surface area contributed by atoms with Gasteiger partial charge in [-0.05, 0) is 20.0 Å². The van der Waals surface area contributed by atoms with Gasteiger partial charge in [0.05, 0.1) is 6.61 Å². The van der Waals surface area contributed by atoms with Crippen LogP contribution in [0.15, 0.2) is 12.3 Å². The van der Waals surface area contributed by atoms with Crippen LogP contribution >= 0.6 is 0 Å². The molecule has 1 aromatic heterocycles. The normalized spacial score (nSPS) is 10.8. The van der Waals surface area contributed by atoms with Crippen molar-refractivity contribution in [2.45, 2.75) is 6.92 Å². The molecule has 0 aliphatic rings. The van der Waals surface area contributed by atoms with Gasteiger partial charge in [0.15, 0.2) is 0 Å². The number of rotatable bonds is 7. The average Bonchev–Trinajstić information content (AvgIpc) is 2.26. The highest BCUT2D eigenvalue weighted by Crippen LogP contribution is 1.97. The summed E-state index contributed by atoms with van der Waals surface area (Å²) in [6, 6.07) is 1.88. The second kappa shape index (κ2) is 7.14. The van der Waals surface area contributed by atoms with Crippen LogP contribution in [-0.2, 0) is 4.74 Å². The summed E-state index contributed by atoms with van der Waals surface area (Å²) in [6.45, 7) is 5.44. The lowest BCUT2D eigenvalue weighted by atomic mass is 10.4. The SMILES string of the molecule is COCCN(C)CCNc1nccc(C)n1. The van der Waals surface area contributed by atoms with Crippen molar-refractivity contribution in [3.63, 3.8) is 0 Å². The lowest BCUT2D eigenvalue weighted by Gasteiger charge is -2.16. The van der Waals surface area contributed by atoms with E-state index in [1.54, 1.807) is 13.3 Å². The molecule has 0 bridgehead atoms. The molecule has 0 aromatic carbocycles. The van der Waals surface area contributed by atoms with Crippen molar-refractivity contribution in [2.24, 2.45) is 0 Å². The van der Waals surface area contributed by atoms with Crippen molar-refractivity contribution in [3.05, 3.63) is 18.0 Å². The molecule has 0 aliphatic heterocycles. The van der Waals surface area contributed by atoms with Crippen LogP contribution in [0.3, 0.4) is 0 Å². The number of aryl methyl sites for hydroxylation is 1. The van der Waals surface area contributed by atoms with Crippen molar-refractivity contribution < 1.29 is 4.74 Å². The number of ether oxygens (including phenoxy) is 1. The molecule has 1 heterocycles. The number of nitrogens with zero attached hydrogens (tertiary/aromatic N) is 3. The summed E-state index contributed by atoms with van der Waals surface area (Å²) in [5.74, 6) is 0.695. The number of nitrogens with one attached hydrogen (secondary N) is 1. The lowest BCUT2D eigenvalue weighted by Crippen LogP contribution is -2.28. The third kappa shape index (κ3) is 5.04. The smallest absolute Gasteiger partial charge is 0.222 e. The molecule has 0 spiro atoms. The first-order chi connectivity index (χ1) is 7.72. The fourth-order valence-electron chi connectivity index (χ4n) is 1.25. The Labute approximate surface area is 96.8 Å². The Morgan fingerprint density at radius 3 is 2.94 bits per heavy atom. The zero-order valence-electron chi connectivity index (χ0n) is 10.2.